The van der Waals surface area contributed by atoms with E-state index >= 15 is 0 Å². The first kappa shape index (κ1) is 19.8. The number of carbonyl (C=O) groups excluding carboxylic acids is 2. The van der Waals surface area contributed by atoms with Crippen LogP contribution in [0.5, 0.6) is 17.2 Å². The molecule has 6 nitrogen and oxygen atoms in total. The molecule has 0 spiro atoms. The zero-order valence-electron chi connectivity index (χ0n) is 16.1. The lowest BCUT2D eigenvalue weighted by Gasteiger charge is -2.21. The van der Waals surface area contributed by atoms with E-state index in [-0.39, 0.29) is 17.3 Å². The maximum atomic E-state index is 13.2. The van der Waals surface area contributed by atoms with E-state index in [4.69, 9.17) is 25.8 Å². The summed E-state index contributed by atoms with van der Waals surface area (Å²) < 4.78 is 16.4. The van der Waals surface area contributed by atoms with Gasteiger partial charge in [0, 0.05) is 17.2 Å². The van der Waals surface area contributed by atoms with Crippen molar-refractivity contribution in [2.24, 2.45) is 0 Å². The first-order chi connectivity index (χ1) is 14.6. The monoisotopic (exact) mass is 423 g/mol. The third-order valence-electron chi connectivity index (χ3n) is 4.65. The number of nitrogens with one attached hydrogen (secondary N) is 1. The number of benzene rings is 3. The minimum absolute atomic E-state index is 0.259. The second-order valence-corrected chi connectivity index (χ2v) is 6.94. The molecule has 7 heteroatoms. The van der Waals surface area contributed by atoms with Gasteiger partial charge in [0.1, 0.15) is 19.0 Å². The van der Waals surface area contributed by atoms with Crippen LogP contribution in [0.15, 0.2) is 60.7 Å². The molecule has 1 N–H and O–H groups in total. The number of fused-ring (bicyclic) bond motifs is 1. The van der Waals surface area contributed by atoms with Crippen molar-refractivity contribution < 1.29 is 23.8 Å². The second-order valence-electron chi connectivity index (χ2n) is 6.53. The Morgan fingerprint density at radius 3 is 2.27 bits per heavy atom. The van der Waals surface area contributed by atoms with Gasteiger partial charge >= 0.3 is 0 Å². The smallest absolute Gasteiger partial charge is 0.255 e. The number of hydrogen-bond donors (Lipinski definition) is 1. The molecule has 3 aromatic carbocycles. The standard InChI is InChI=1S/C23H18ClNO5/c1-28-15-8-6-14(7-9-15)23(27)25-19-13-21-20(29-10-11-30-21)12-17(19)22(26)16-4-2-3-5-18(16)24/h2-9,12-13H,10-11H2,1H3,(H,25,27). The van der Waals surface area contributed by atoms with E-state index in [1.165, 1.54) is 0 Å². The Balaban J connectivity index is 1.72. The van der Waals surface area contributed by atoms with E-state index in [2.05, 4.69) is 5.32 Å². The van der Waals surface area contributed by atoms with E-state index in [0.29, 0.717) is 52.3 Å². The van der Waals surface area contributed by atoms with E-state index in [1.54, 1.807) is 67.8 Å². The molecule has 0 aromatic heterocycles. The van der Waals surface area contributed by atoms with Crippen LogP contribution in [-0.2, 0) is 0 Å². The van der Waals surface area contributed by atoms with Gasteiger partial charge in [-0.1, -0.05) is 23.7 Å². The average Bonchev–Trinajstić information content (AvgIpc) is 2.78. The predicted octanol–water partition coefficient (Wildman–Crippen LogP) is 4.60. The number of amides is 1. The Hall–Kier alpha value is -3.51. The zero-order chi connectivity index (χ0) is 21.1. The molecule has 0 saturated heterocycles. The van der Waals surface area contributed by atoms with Gasteiger partial charge in [0.15, 0.2) is 17.3 Å². The summed E-state index contributed by atoms with van der Waals surface area (Å²) in [5, 5.41) is 3.13. The van der Waals surface area contributed by atoms with E-state index in [0.717, 1.165) is 0 Å². The van der Waals surface area contributed by atoms with Crippen molar-refractivity contribution in [3.63, 3.8) is 0 Å². The highest BCUT2D eigenvalue weighted by molar-refractivity contribution is 6.35. The molecule has 3 aromatic rings. The molecule has 1 amide bonds. The lowest BCUT2D eigenvalue weighted by molar-refractivity contribution is 0.102. The molecule has 0 unspecified atom stereocenters. The molecule has 1 aliphatic heterocycles. The molecule has 0 bridgehead atoms. The normalized spacial score (nSPS) is 12.2. The number of anilines is 1. The lowest BCUT2D eigenvalue weighted by atomic mass is 10.00. The van der Waals surface area contributed by atoms with Gasteiger partial charge in [-0.2, -0.15) is 0 Å². The fraction of sp³-hybridized carbons (Fsp3) is 0.130. The van der Waals surface area contributed by atoms with E-state index < -0.39 is 0 Å². The fourth-order valence-corrected chi connectivity index (χ4v) is 3.33. The molecule has 0 radical (unpaired) electrons. The number of methoxy groups -OCH3 is 1. The molecule has 4 rings (SSSR count). The van der Waals surface area contributed by atoms with Crippen LogP contribution in [0.25, 0.3) is 0 Å². The summed E-state index contributed by atoms with van der Waals surface area (Å²) in [5.41, 5.74) is 1.32. The van der Waals surface area contributed by atoms with Gasteiger partial charge in [0.2, 0.25) is 0 Å². The van der Waals surface area contributed by atoms with Crippen LogP contribution < -0.4 is 19.5 Å². The van der Waals surface area contributed by atoms with Crippen molar-refractivity contribution in [1.29, 1.82) is 0 Å². The van der Waals surface area contributed by atoms with Crippen LogP contribution in [0.1, 0.15) is 26.3 Å². The molecular formula is C23H18ClNO5. The van der Waals surface area contributed by atoms with Crippen LogP contribution in [-0.4, -0.2) is 32.0 Å². The minimum atomic E-state index is -0.373. The molecule has 1 heterocycles. The summed E-state index contributed by atoms with van der Waals surface area (Å²) in [6.07, 6.45) is 0. The summed E-state index contributed by atoms with van der Waals surface area (Å²) >= 11 is 6.22. The van der Waals surface area contributed by atoms with E-state index in [1.807, 2.05) is 0 Å². The Kier molecular flexibility index (Phi) is 5.59. The predicted molar refractivity (Wildman–Crippen MR) is 113 cm³/mol. The third kappa shape index (κ3) is 3.95. The van der Waals surface area contributed by atoms with Gasteiger partial charge in [0.25, 0.3) is 5.91 Å². The van der Waals surface area contributed by atoms with Crippen LogP contribution >= 0.6 is 11.6 Å². The van der Waals surface area contributed by atoms with Crippen molar-refractivity contribution >= 4 is 29.0 Å². The minimum Gasteiger partial charge on any atom is -0.497 e. The molecule has 0 fully saturated rings. The molecule has 0 saturated carbocycles. The zero-order valence-corrected chi connectivity index (χ0v) is 16.9. The van der Waals surface area contributed by atoms with Gasteiger partial charge in [-0.15, -0.1) is 0 Å². The van der Waals surface area contributed by atoms with Gasteiger partial charge in [0.05, 0.1) is 23.4 Å². The lowest BCUT2D eigenvalue weighted by Crippen LogP contribution is -2.19. The summed E-state index contributed by atoms with van der Waals surface area (Å²) in [6.45, 7) is 0.765. The van der Waals surface area contributed by atoms with Crippen LogP contribution in [0.4, 0.5) is 5.69 Å². The highest BCUT2D eigenvalue weighted by Gasteiger charge is 2.23. The topological polar surface area (TPSA) is 73.9 Å². The fourth-order valence-electron chi connectivity index (χ4n) is 3.11. The Bertz CT molecular complexity index is 1110. The summed E-state index contributed by atoms with van der Waals surface area (Å²) in [4.78, 5) is 26.0. The number of carbonyl (C=O) groups is 2. The van der Waals surface area contributed by atoms with Crippen molar-refractivity contribution in [2.45, 2.75) is 0 Å². The molecule has 0 aliphatic carbocycles. The van der Waals surface area contributed by atoms with Crippen LogP contribution in [0.3, 0.4) is 0 Å². The summed E-state index contributed by atoms with van der Waals surface area (Å²) in [6, 6.07) is 16.6. The largest absolute Gasteiger partial charge is 0.497 e. The van der Waals surface area contributed by atoms with Gasteiger partial charge in [-0.25, -0.2) is 0 Å². The second kappa shape index (κ2) is 8.47. The first-order valence-electron chi connectivity index (χ1n) is 9.25. The Morgan fingerprint density at radius 1 is 0.933 bits per heavy atom. The summed E-state index contributed by atoms with van der Waals surface area (Å²) in [7, 11) is 1.55. The molecule has 1 aliphatic rings. The first-order valence-corrected chi connectivity index (χ1v) is 9.63. The van der Waals surface area contributed by atoms with Crippen LogP contribution in [0.2, 0.25) is 5.02 Å². The maximum absolute atomic E-state index is 13.2. The Labute approximate surface area is 178 Å². The summed E-state index contributed by atoms with van der Waals surface area (Å²) in [5.74, 6) is 0.840. The van der Waals surface area contributed by atoms with Crippen molar-refractivity contribution in [1.82, 2.24) is 0 Å². The maximum Gasteiger partial charge on any atom is 0.255 e. The molecular weight excluding hydrogens is 406 g/mol. The van der Waals surface area contributed by atoms with Gasteiger partial charge in [-0.3, -0.25) is 9.59 Å². The van der Waals surface area contributed by atoms with Crippen molar-refractivity contribution in [2.75, 3.05) is 25.6 Å². The number of halogens is 1. The van der Waals surface area contributed by atoms with Crippen molar-refractivity contribution in [3.05, 3.63) is 82.4 Å². The molecule has 152 valence electrons. The molecule has 0 atom stereocenters. The SMILES string of the molecule is COc1ccc(C(=O)Nc2cc3c(cc2C(=O)c2ccccc2Cl)OCCO3)cc1. The quantitative estimate of drug-likeness (QED) is 0.607. The van der Waals surface area contributed by atoms with Gasteiger partial charge in [-0.05, 0) is 42.5 Å². The highest BCUT2D eigenvalue weighted by Crippen LogP contribution is 2.37. The number of ether oxygens (including phenoxy) is 3. The highest BCUT2D eigenvalue weighted by atomic mass is 35.5. The van der Waals surface area contributed by atoms with Crippen molar-refractivity contribution in [3.8, 4) is 17.2 Å². The van der Waals surface area contributed by atoms with Crippen LogP contribution in [0, 0.1) is 0 Å². The third-order valence-corrected chi connectivity index (χ3v) is 4.98. The number of ketones is 1. The number of rotatable bonds is 5. The average molecular weight is 424 g/mol. The number of hydrogen-bond acceptors (Lipinski definition) is 5. The van der Waals surface area contributed by atoms with Gasteiger partial charge < -0.3 is 19.5 Å². The Morgan fingerprint density at radius 2 is 1.60 bits per heavy atom. The molecule has 30 heavy (non-hydrogen) atoms. The van der Waals surface area contributed by atoms with E-state index in [9.17, 15) is 9.59 Å².